The Morgan fingerprint density at radius 3 is 2.50 bits per heavy atom. The van der Waals surface area contributed by atoms with Crippen molar-refractivity contribution in [2.24, 2.45) is 0 Å². The normalized spacial score (nSPS) is 11.3. The number of ether oxygens (including phenoxy) is 2. The lowest BCUT2D eigenvalue weighted by Crippen LogP contribution is -2.36. The summed E-state index contributed by atoms with van der Waals surface area (Å²) in [6.07, 6.45) is 1.41. The Balaban J connectivity index is 2.06. The quantitative estimate of drug-likeness (QED) is 0.774. The van der Waals surface area contributed by atoms with Crippen molar-refractivity contribution in [3.8, 4) is 5.75 Å². The first-order chi connectivity index (χ1) is 12.2. The maximum Gasteiger partial charge on any atom is 0.338 e. The lowest BCUT2D eigenvalue weighted by Gasteiger charge is -2.21. The van der Waals surface area contributed by atoms with Gasteiger partial charge in [0, 0.05) is 0 Å². The van der Waals surface area contributed by atoms with Crippen LogP contribution in [0.1, 0.15) is 36.7 Å². The molecule has 0 aliphatic carbocycles. The zero-order chi connectivity index (χ0) is 19.3. The van der Waals surface area contributed by atoms with Crippen molar-refractivity contribution in [2.45, 2.75) is 32.9 Å². The van der Waals surface area contributed by atoms with E-state index in [1.807, 2.05) is 20.8 Å². The maximum absolute atomic E-state index is 12.3. The van der Waals surface area contributed by atoms with Gasteiger partial charge in [-0.05, 0) is 38.5 Å². The van der Waals surface area contributed by atoms with Crippen LogP contribution in [0.4, 0.5) is 0 Å². The molecule has 0 aliphatic rings. The molecule has 0 saturated heterocycles. The van der Waals surface area contributed by atoms with Crippen molar-refractivity contribution >= 4 is 17.6 Å². The van der Waals surface area contributed by atoms with Gasteiger partial charge in [-0.1, -0.05) is 23.7 Å². The Labute approximate surface area is 156 Å². The molecule has 0 amide bonds. The Bertz CT molecular complexity index is 825. The number of hydrogen-bond donors (Lipinski definition) is 1. The molecular weight excluding hydrogens is 360 g/mol. The van der Waals surface area contributed by atoms with Crippen LogP contribution in [0.3, 0.4) is 0 Å². The summed E-state index contributed by atoms with van der Waals surface area (Å²) in [5, 5.41) is 12.7. The SMILES string of the molecule is CC(C)(C)n1ncc(OCc2ccc(C(=O)OCCO)cc2)c(Cl)c1=O. The molecule has 2 aromatic rings. The molecule has 1 aromatic heterocycles. The van der Waals surface area contributed by atoms with Gasteiger partial charge in [-0.3, -0.25) is 4.79 Å². The van der Waals surface area contributed by atoms with Gasteiger partial charge < -0.3 is 14.6 Å². The summed E-state index contributed by atoms with van der Waals surface area (Å²) in [6, 6.07) is 6.59. The largest absolute Gasteiger partial charge is 0.485 e. The number of rotatable bonds is 6. The summed E-state index contributed by atoms with van der Waals surface area (Å²) < 4.78 is 11.7. The molecular formula is C18H21ClN2O5. The van der Waals surface area contributed by atoms with E-state index in [0.29, 0.717) is 5.56 Å². The molecule has 1 aromatic carbocycles. The van der Waals surface area contributed by atoms with E-state index >= 15 is 0 Å². The van der Waals surface area contributed by atoms with E-state index in [2.05, 4.69) is 5.10 Å². The predicted octanol–water partition coefficient (Wildman–Crippen LogP) is 2.38. The number of aliphatic hydroxyl groups is 1. The number of aromatic nitrogens is 2. The molecule has 0 fully saturated rings. The zero-order valence-corrected chi connectivity index (χ0v) is 15.6. The van der Waals surface area contributed by atoms with Gasteiger partial charge in [-0.15, -0.1) is 0 Å². The van der Waals surface area contributed by atoms with Crippen LogP contribution in [0.25, 0.3) is 0 Å². The van der Waals surface area contributed by atoms with Gasteiger partial charge in [0.2, 0.25) is 0 Å². The number of halogens is 1. The molecule has 7 nitrogen and oxygen atoms in total. The van der Waals surface area contributed by atoms with Gasteiger partial charge in [0.15, 0.2) is 10.8 Å². The standard InChI is InChI=1S/C18H21ClN2O5/c1-18(2,3)21-16(23)15(19)14(10-20-21)26-11-12-4-6-13(7-5-12)17(24)25-9-8-22/h4-7,10,22H,8-9,11H2,1-3H3. The van der Waals surface area contributed by atoms with E-state index in [4.69, 9.17) is 26.2 Å². The predicted molar refractivity (Wildman–Crippen MR) is 96.6 cm³/mol. The van der Waals surface area contributed by atoms with Crippen LogP contribution >= 0.6 is 11.6 Å². The van der Waals surface area contributed by atoms with Gasteiger partial charge >= 0.3 is 5.97 Å². The van der Waals surface area contributed by atoms with Crippen LogP contribution in [0.15, 0.2) is 35.3 Å². The van der Waals surface area contributed by atoms with Crippen molar-refractivity contribution in [2.75, 3.05) is 13.2 Å². The van der Waals surface area contributed by atoms with Gasteiger partial charge in [-0.2, -0.15) is 5.10 Å². The minimum Gasteiger partial charge on any atom is -0.485 e. The van der Waals surface area contributed by atoms with E-state index in [1.54, 1.807) is 24.3 Å². The molecule has 0 unspecified atom stereocenters. The van der Waals surface area contributed by atoms with Crippen molar-refractivity contribution in [3.05, 3.63) is 57.0 Å². The first-order valence-corrected chi connectivity index (χ1v) is 8.40. The van der Waals surface area contributed by atoms with E-state index in [0.717, 1.165) is 5.56 Å². The highest BCUT2D eigenvalue weighted by Gasteiger charge is 2.20. The van der Waals surface area contributed by atoms with Crippen LogP contribution in [0.2, 0.25) is 5.02 Å². The third-order valence-corrected chi connectivity index (χ3v) is 3.78. The fourth-order valence-corrected chi connectivity index (χ4v) is 2.30. The third-order valence-electron chi connectivity index (χ3n) is 3.43. The maximum atomic E-state index is 12.3. The summed E-state index contributed by atoms with van der Waals surface area (Å²) in [5.74, 6) is -0.312. The second-order valence-corrected chi connectivity index (χ2v) is 6.93. The number of carbonyl (C=O) groups excluding carboxylic acids is 1. The monoisotopic (exact) mass is 380 g/mol. The van der Waals surface area contributed by atoms with Crippen molar-refractivity contribution in [3.63, 3.8) is 0 Å². The zero-order valence-electron chi connectivity index (χ0n) is 14.9. The highest BCUT2D eigenvalue weighted by atomic mass is 35.5. The number of aliphatic hydroxyl groups excluding tert-OH is 1. The molecule has 1 N–H and O–H groups in total. The van der Waals surface area contributed by atoms with Crippen LogP contribution in [0, 0.1) is 0 Å². The van der Waals surface area contributed by atoms with E-state index in [1.165, 1.54) is 10.9 Å². The fraction of sp³-hybridized carbons (Fsp3) is 0.389. The van der Waals surface area contributed by atoms with Gasteiger partial charge in [0.05, 0.1) is 23.9 Å². The summed E-state index contributed by atoms with van der Waals surface area (Å²) >= 11 is 6.11. The molecule has 0 saturated carbocycles. The average molecular weight is 381 g/mol. The van der Waals surface area contributed by atoms with Gasteiger partial charge in [0.1, 0.15) is 13.2 Å². The first-order valence-electron chi connectivity index (χ1n) is 8.02. The van der Waals surface area contributed by atoms with Crippen molar-refractivity contribution in [1.82, 2.24) is 9.78 Å². The number of esters is 1. The third kappa shape index (κ3) is 4.83. The lowest BCUT2D eigenvalue weighted by atomic mass is 10.1. The molecule has 2 rings (SSSR count). The van der Waals surface area contributed by atoms with Crippen LogP contribution < -0.4 is 10.3 Å². The molecule has 8 heteroatoms. The number of carbonyl (C=O) groups is 1. The Hall–Kier alpha value is -2.38. The second kappa shape index (κ2) is 8.33. The Morgan fingerprint density at radius 2 is 1.92 bits per heavy atom. The summed E-state index contributed by atoms with van der Waals surface area (Å²) in [7, 11) is 0. The van der Waals surface area contributed by atoms with Crippen LogP contribution in [0.5, 0.6) is 5.75 Å². The first kappa shape index (κ1) is 19.9. The van der Waals surface area contributed by atoms with E-state index in [9.17, 15) is 9.59 Å². The van der Waals surface area contributed by atoms with Gasteiger partial charge in [-0.25, -0.2) is 9.48 Å². The summed E-state index contributed by atoms with van der Waals surface area (Å²) in [5.41, 5.74) is 0.243. The number of hydrogen-bond acceptors (Lipinski definition) is 6. The average Bonchev–Trinajstić information content (AvgIpc) is 2.60. The smallest absolute Gasteiger partial charge is 0.338 e. The van der Waals surface area contributed by atoms with Crippen molar-refractivity contribution in [1.29, 1.82) is 0 Å². The van der Waals surface area contributed by atoms with Crippen molar-refractivity contribution < 1.29 is 19.4 Å². The number of benzene rings is 1. The summed E-state index contributed by atoms with van der Waals surface area (Å²) in [6.45, 7) is 5.45. The molecule has 0 radical (unpaired) electrons. The Kier molecular flexibility index (Phi) is 6.39. The molecule has 0 atom stereocenters. The fourth-order valence-electron chi connectivity index (χ4n) is 2.12. The molecule has 0 aliphatic heterocycles. The highest BCUT2D eigenvalue weighted by molar-refractivity contribution is 6.31. The number of nitrogens with zero attached hydrogens (tertiary/aromatic N) is 2. The Morgan fingerprint density at radius 1 is 1.27 bits per heavy atom. The minimum atomic E-state index is -0.510. The van der Waals surface area contributed by atoms with Crippen LogP contribution in [-0.2, 0) is 16.9 Å². The highest BCUT2D eigenvalue weighted by Crippen LogP contribution is 2.21. The topological polar surface area (TPSA) is 90.7 Å². The molecule has 26 heavy (non-hydrogen) atoms. The van der Waals surface area contributed by atoms with Gasteiger partial charge in [0.25, 0.3) is 5.56 Å². The summed E-state index contributed by atoms with van der Waals surface area (Å²) in [4.78, 5) is 23.9. The van der Waals surface area contributed by atoms with Crippen LogP contribution in [-0.4, -0.2) is 34.1 Å². The lowest BCUT2D eigenvalue weighted by molar-refractivity contribution is 0.0433. The molecule has 1 heterocycles. The van der Waals surface area contributed by atoms with E-state index in [-0.39, 0.29) is 30.6 Å². The molecule has 0 spiro atoms. The minimum absolute atomic E-state index is 0.0286. The molecule has 140 valence electrons. The van der Waals surface area contributed by atoms with E-state index < -0.39 is 17.1 Å². The second-order valence-electron chi connectivity index (χ2n) is 6.56. The molecule has 0 bridgehead atoms.